The fourth-order valence-electron chi connectivity index (χ4n) is 2.69. The first kappa shape index (κ1) is 17.5. The molecule has 0 spiro atoms. The van der Waals surface area contributed by atoms with Crippen LogP contribution in [-0.4, -0.2) is 15.9 Å². The quantitative estimate of drug-likeness (QED) is 0.474. The molecule has 0 fully saturated rings. The summed E-state index contributed by atoms with van der Waals surface area (Å²) in [4.78, 5) is 21.5. The molecule has 4 rings (SSSR count). The van der Waals surface area contributed by atoms with Crippen LogP contribution in [0.5, 0.6) is 0 Å². The Morgan fingerprint density at radius 3 is 2.41 bits per heavy atom. The second kappa shape index (κ2) is 7.35. The minimum Gasteiger partial charge on any atom is -0.322 e. The third kappa shape index (κ3) is 3.77. The largest absolute Gasteiger partial charge is 0.322 e. The van der Waals surface area contributed by atoms with E-state index in [4.69, 9.17) is 23.2 Å². The number of rotatable bonds is 3. The second-order valence-electron chi connectivity index (χ2n) is 5.90. The summed E-state index contributed by atoms with van der Waals surface area (Å²) in [7, 11) is 0. The molecule has 27 heavy (non-hydrogen) atoms. The number of aromatic nitrogens is 2. The van der Waals surface area contributed by atoms with E-state index in [0.29, 0.717) is 32.6 Å². The Balaban J connectivity index is 1.66. The van der Waals surface area contributed by atoms with Crippen molar-refractivity contribution in [2.45, 2.75) is 0 Å². The number of nitrogens with one attached hydrogen (secondary N) is 1. The highest BCUT2D eigenvalue weighted by Gasteiger charge is 2.11. The van der Waals surface area contributed by atoms with Crippen molar-refractivity contribution in [3.8, 4) is 11.3 Å². The van der Waals surface area contributed by atoms with Gasteiger partial charge in [-0.2, -0.15) is 0 Å². The minimum atomic E-state index is -0.232. The number of benzene rings is 3. The summed E-state index contributed by atoms with van der Waals surface area (Å²) < 4.78 is 0. The predicted molar refractivity (Wildman–Crippen MR) is 109 cm³/mol. The highest BCUT2D eigenvalue weighted by Crippen LogP contribution is 2.30. The van der Waals surface area contributed by atoms with Crippen LogP contribution in [-0.2, 0) is 0 Å². The lowest BCUT2D eigenvalue weighted by atomic mass is 10.1. The molecule has 0 aliphatic carbocycles. The summed E-state index contributed by atoms with van der Waals surface area (Å²) in [5.74, 6) is -0.232. The zero-order chi connectivity index (χ0) is 18.8. The number of carbonyl (C=O) groups excluding carboxylic acids is 1. The van der Waals surface area contributed by atoms with Crippen LogP contribution in [0.2, 0.25) is 10.0 Å². The Bertz CT molecular complexity index is 1140. The topological polar surface area (TPSA) is 54.9 Å². The van der Waals surface area contributed by atoms with Crippen molar-refractivity contribution < 1.29 is 4.79 Å². The number of para-hydroxylation sites is 2. The molecular formula is C21H13Cl2N3O. The van der Waals surface area contributed by atoms with Gasteiger partial charge in [0.25, 0.3) is 5.91 Å². The van der Waals surface area contributed by atoms with Crippen molar-refractivity contribution in [3.63, 3.8) is 0 Å². The van der Waals surface area contributed by atoms with Crippen molar-refractivity contribution in [3.05, 3.63) is 88.5 Å². The molecule has 0 bridgehead atoms. The Labute approximate surface area is 165 Å². The zero-order valence-electron chi connectivity index (χ0n) is 14.0. The van der Waals surface area contributed by atoms with Crippen LogP contribution in [0.25, 0.3) is 22.3 Å². The monoisotopic (exact) mass is 393 g/mol. The molecule has 1 N–H and O–H groups in total. The average Bonchev–Trinajstić information content (AvgIpc) is 2.69. The molecule has 1 heterocycles. The van der Waals surface area contributed by atoms with Crippen LogP contribution in [0.1, 0.15) is 10.4 Å². The van der Waals surface area contributed by atoms with Crippen LogP contribution < -0.4 is 5.32 Å². The van der Waals surface area contributed by atoms with Gasteiger partial charge in [-0.25, -0.2) is 4.98 Å². The maximum Gasteiger partial charge on any atom is 0.255 e. The van der Waals surface area contributed by atoms with E-state index < -0.39 is 0 Å². The Kier molecular flexibility index (Phi) is 4.75. The third-order valence-electron chi connectivity index (χ3n) is 4.06. The molecular weight excluding hydrogens is 381 g/mol. The minimum absolute atomic E-state index is 0.232. The summed E-state index contributed by atoms with van der Waals surface area (Å²) in [5, 5.41) is 3.97. The first-order chi connectivity index (χ1) is 13.1. The predicted octanol–water partition coefficient (Wildman–Crippen LogP) is 5.86. The smallest absolute Gasteiger partial charge is 0.255 e. The van der Waals surface area contributed by atoms with Gasteiger partial charge in [0.05, 0.1) is 27.9 Å². The Hall–Kier alpha value is -2.95. The Morgan fingerprint density at radius 1 is 0.889 bits per heavy atom. The molecule has 0 atom stereocenters. The highest BCUT2D eigenvalue weighted by molar-refractivity contribution is 6.33. The molecule has 4 aromatic rings. The molecule has 0 saturated heterocycles. The van der Waals surface area contributed by atoms with Gasteiger partial charge in [-0.05, 0) is 54.6 Å². The van der Waals surface area contributed by atoms with E-state index in [9.17, 15) is 4.79 Å². The summed E-state index contributed by atoms with van der Waals surface area (Å²) in [6, 6.07) is 19.6. The van der Waals surface area contributed by atoms with Crippen LogP contribution in [0, 0.1) is 0 Å². The maximum atomic E-state index is 12.4. The number of halogens is 2. The van der Waals surface area contributed by atoms with Crippen molar-refractivity contribution in [1.82, 2.24) is 9.97 Å². The zero-order valence-corrected chi connectivity index (χ0v) is 15.5. The van der Waals surface area contributed by atoms with Crippen LogP contribution in [0.15, 0.2) is 72.9 Å². The lowest BCUT2D eigenvalue weighted by Gasteiger charge is -2.10. The van der Waals surface area contributed by atoms with E-state index in [1.165, 1.54) is 0 Å². The average molecular weight is 394 g/mol. The van der Waals surface area contributed by atoms with Gasteiger partial charge in [0.2, 0.25) is 0 Å². The van der Waals surface area contributed by atoms with E-state index in [-0.39, 0.29) is 5.91 Å². The van der Waals surface area contributed by atoms with Gasteiger partial charge in [-0.15, -0.1) is 0 Å². The molecule has 0 unspecified atom stereocenters. The van der Waals surface area contributed by atoms with Gasteiger partial charge in [0, 0.05) is 21.8 Å². The molecule has 1 aromatic heterocycles. The molecule has 0 aliphatic rings. The third-order valence-corrected chi connectivity index (χ3v) is 4.64. The van der Waals surface area contributed by atoms with Crippen molar-refractivity contribution in [2.24, 2.45) is 0 Å². The van der Waals surface area contributed by atoms with Crippen molar-refractivity contribution in [2.75, 3.05) is 5.32 Å². The maximum absolute atomic E-state index is 12.4. The van der Waals surface area contributed by atoms with E-state index in [2.05, 4.69) is 15.3 Å². The SMILES string of the molecule is O=C(Nc1ccc(Cl)c(-c2cnc3ccccc3n2)c1)c1ccc(Cl)cc1. The number of amides is 1. The Morgan fingerprint density at radius 2 is 1.63 bits per heavy atom. The van der Waals surface area contributed by atoms with Gasteiger partial charge >= 0.3 is 0 Å². The number of hydrogen-bond acceptors (Lipinski definition) is 3. The molecule has 0 saturated carbocycles. The number of nitrogens with zero attached hydrogens (tertiary/aromatic N) is 2. The first-order valence-electron chi connectivity index (χ1n) is 8.19. The molecule has 3 aromatic carbocycles. The van der Waals surface area contributed by atoms with E-state index in [1.807, 2.05) is 24.3 Å². The van der Waals surface area contributed by atoms with Crippen molar-refractivity contribution >= 4 is 45.8 Å². The summed E-state index contributed by atoms with van der Waals surface area (Å²) in [6.07, 6.45) is 1.67. The second-order valence-corrected chi connectivity index (χ2v) is 6.74. The summed E-state index contributed by atoms with van der Waals surface area (Å²) >= 11 is 12.2. The lowest BCUT2D eigenvalue weighted by molar-refractivity contribution is 0.102. The van der Waals surface area contributed by atoms with Crippen LogP contribution in [0.4, 0.5) is 5.69 Å². The molecule has 4 nitrogen and oxygen atoms in total. The summed E-state index contributed by atoms with van der Waals surface area (Å²) in [6.45, 7) is 0. The molecule has 132 valence electrons. The van der Waals surface area contributed by atoms with Crippen LogP contribution >= 0.6 is 23.2 Å². The molecule has 0 aliphatic heterocycles. The number of hydrogen-bond donors (Lipinski definition) is 1. The van der Waals surface area contributed by atoms with Gasteiger partial charge in [-0.1, -0.05) is 35.3 Å². The van der Waals surface area contributed by atoms with Gasteiger partial charge in [0.1, 0.15) is 0 Å². The normalized spacial score (nSPS) is 10.7. The van der Waals surface area contributed by atoms with E-state index in [1.54, 1.807) is 48.7 Å². The summed E-state index contributed by atoms with van der Waals surface area (Å²) in [5.41, 5.74) is 4.06. The van der Waals surface area contributed by atoms with Gasteiger partial charge in [-0.3, -0.25) is 9.78 Å². The number of anilines is 1. The molecule has 6 heteroatoms. The molecule has 1 amide bonds. The highest BCUT2D eigenvalue weighted by atomic mass is 35.5. The number of carbonyl (C=O) groups is 1. The number of fused-ring (bicyclic) bond motifs is 1. The van der Waals surface area contributed by atoms with E-state index >= 15 is 0 Å². The fraction of sp³-hybridized carbons (Fsp3) is 0. The standard InChI is InChI=1S/C21H13Cl2N3O/c22-14-7-5-13(6-8-14)21(27)25-15-9-10-17(23)16(11-15)20-12-24-18-3-1-2-4-19(18)26-20/h1-12H,(H,25,27). The first-order valence-corrected chi connectivity index (χ1v) is 8.94. The fourth-order valence-corrected chi connectivity index (χ4v) is 3.03. The van der Waals surface area contributed by atoms with Gasteiger partial charge in [0.15, 0.2) is 0 Å². The van der Waals surface area contributed by atoms with E-state index in [0.717, 1.165) is 11.0 Å². The van der Waals surface area contributed by atoms with Crippen LogP contribution in [0.3, 0.4) is 0 Å². The van der Waals surface area contributed by atoms with Gasteiger partial charge < -0.3 is 5.32 Å². The lowest BCUT2D eigenvalue weighted by Crippen LogP contribution is -2.11. The molecule has 0 radical (unpaired) electrons. The van der Waals surface area contributed by atoms with Crippen molar-refractivity contribution in [1.29, 1.82) is 0 Å².